The summed E-state index contributed by atoms with van der Waals surface area (Å²) < 4.78 is 38.9. The molecule has 0 atom stereocenters. The number of sulfonamides is 1. The van der Waals surface area contributed by atoms with Crippen LogP contribution in [0.4, 0.5) is 4.39 Å². The minimum absolute atomic E-state index is 0.0639. The number of rotatable bonds is 8. The van der Waals surface area contributed by atoms with E-state index in [-0.39, 0.29) is 11.6 Å². The first-order valence-corrected chi connectivity index (χ1v) is 10.7. The van der Waals surface area contributed by atoms with Crippen LogP contribution in [0.25, 0.3) is 0 Å². The molecule has 0 fully saturated rings. The van der Waals surface area contributed by atoms with Crippen molar-refractivity contribution in [3.8, 4) is 0 Å². The maximum atomic E-state index is 13.1. The van der Waals surface area contributed by atoms with E-state index < -0.39 is 10.0 Å². The monoisotopic (exact) mass is 406 g/mol. The van der Waals surface area contributed by atoms with E-state index in [1.807, 2.05) is 37.1 Å². The average Bonchev–Trinajstić information content (AvgIpc) is 2.67. The molecule has 0 aliphatic rings. The van der Waals surface area contributed by atoms with Crippen molar-refractivity contribution in [2.45, 2.75) is 25.8 Å². The lowest BCUT2D eigenvalue weighted by molar-refractivity contribution is 0.476. The van der Waals surface area contributed by atoms with Crippen LogP contribution in [0.15, 0.2) is 53.5 Å². The van der Waals surface area contributed by atoms with Gasteiger partial charge in [-0.2, -0.15) is 0 Å². The molecule has 0 bridgehead atoms. The molecule has 2 N–H and O–H groups in total. The number of hydrogen-bond donors (Lipinski definition) is 2. The van der Waals surface area contributed by atoms with Crippen LogP contribution in [-0.4, -0.2) is 39.9 Å². The highest BCUT2D eigenvalue weighted by Crippen LogP contribution is 2.11. The molecule has 2 rings (SSSR count). The number of nitrogens with one attached hydrogen (secondary N) is 2. The van der Waals surface area contributed by atoms with E-state index in [0.717, 1.165) is 17.1 Å². The van der Waals surface area contributed by atoms with Gasteiger partial charge in [-0.3, -0.25) is 0 Å². The quantitative estimate of drug-likeness (QED) is 0.522. The molecule has 0 radical (unpaired) electrons. The van der Waals surface area contributed by atoms with Crippen LogP contribution in [-0.2, 0) is 28.9 Å². The molecule has 0 aliphatic carbocycles. The van der Waals surface area contributed by atoms with Crippen molar-refractivity contribution in [2.24, 2.45) is 4.99 Å². The Hall–Kier alpha value is -2.45. The van der Waals surface area contributed by atoms with Gasteiger partial charge in [-0.25, -0.2) is 22.5 Å². The highest BCUT2D eigenvalue weighted by Gasteiger charge is 2.10. The molecule has 0 heterocycles. The fourth-order valence-corrected chi connectivity index (χ4v) is 3.45. The molecule has 0 saturated heterocycles. The van der Waals surface area contributed by atoms with Gasteiger partial charge in [0, 0.05) is 20.1 Å². The van der Waals surface area contributed by atoms with Crippen molar-refractivity contribution in [1.82, 2.24) is 14.9 Å². The first-order valence-electron chi connectivity index (χ1n) is 9.06. The van der Waals surface area contributed by atoms with Gasteiger partial charge in [0.05, 0.1) is 12.3 Å². The minimum atomic E-state index is -3.31. The highest BCUT2D eigenvalue weighted by atomic mass is 32.2. The molecule has 0 unspecified atom stereocenters. The highest BCUT2D eigenvalue weighted by molar-refractivity contribution is 7.88. The first-order chi connectivity index (χ1) is 13.3. The van der Waals surface area contributed by atoms with Crippen LogP contribution < -0.4 is 10.0 Å². The summed E-state index contributed by atoms with van der Waals surface area (Å²) in [6.07, 6.45) is 0. The molecule has 0 spiro atoms. The third kappa shape index (κ3) is 6.94. The Morgan fingerprint density at radius 2 is 1.79 bits per heavy atom. The predicted molar refractivity (Wildman–Crippen MR) is 111 cm³/mol. The molecular formula is C20H27FN4O2S. The molecule has 0 amide bonds. The second-order valence-electron chi connectivity index (χ2n) is 6.44. The van der Waals surface area contributed by atoms with Crippen LogP contribution in [0, 0.1) is 5.82 Å². The Kier molecular flexibility index (Phi) is 7.95. The van der Waals surface area contributed by atoms with E-state index in [1.54, 1.807) is 18.2 Å². The lowest BCUT2D eigenvalue weighted by Gasteiger charge is -2.22. The van der Waals surface area contributed by atoms with Crippen molar-refractivity contribution >= 4 is 16.0 Å². The smallest absolute Gasteiger partial charge is 0.215 e. The Morgan fingerprint density at radius 3 is 2.43 bits per heavy atom. The fourth-order valence-electron chi connectivity index (χ4n) is 2.68. The predicted octanol–water partition coefficient (Wildman–Crippen LogP) is 2.47. The van der Waals surface area contributed by atoms with Gasteiger partial charge in [0.15, 0.2) is 5.96 Å². The summed E-state index contributed by atoms with van der Waals surface area (Å²) in [5.74, 6) is 0.401. The third-order valence-electron chi connectivity index (χ3n) is 4.10. The molecular weight excluding hydrogens is 379 g/mol. The molecule has 2 aromatic rings. The summed E-state index contributed by atoms with van der Waals surface area (Å²) in [5, 5.41) is 3.24. The van der Waals surface area contributed by atoms with Crippen molar-refractivity contribution in [3.05, 3.63) is 71.0 Å². The van der Waals surface area contributed by atoms with E-state index in [1.165, 1.54) is 19.2 Å². The number of aliphatic imine (C=N–C) groups is 1. The van der Waals surface area contributed by atoms with E-state index >= 15 is 0 Å². The van der Waals surface area contributed by atoms with Gasteiger partial charge in [-0.05, 0) is 42.8 Å². The molecule has 8 heteroatoms. The second kappa shape index (κ2) is 10.2. The first kappa shape index (κ1) is 21.8. The molecule has 152 valence electrons. The number of guanidine groups is 1. The normalized spacial score (nSPS) is 12.1. The Morgan fingerprint density at radius 1 is 1.11 bits per heavy atom. The largest absolute Gasteiger partial charge is 0.357 e. The van der Waals surface area contributed by atoms with Crippen LogP contribution in [0.2, 0.25) is 0 Å². The maximum Gasteiger partial charge on any atom is 0.215 e. The molecule has 0 saturated carbocycles. The van der Waals surface area contributed by atoms with Gasteiger partial charge in [0.2, 0.25) is 10.0 Å². The van der Waals surface area contributed by atoms with E-state index in [9.17, 15) is 12.8 Å². The van der Waals surface area contributed by atoms with Crippen LogP contribution in [0.1, 0.15) is 23.6 Å². The maximum absolute atomic E-state index is 13.1. The van der Waals surface area contributed by atoms with E-state index in [4.69, 9.17) is 0 Å². The number of benzene rings is 2. The number of hydrogen-bond acceptors (Lipinski definition) is 3. The second-order valence-corrected chi connectivity index (χ2v) is 8.36. The van der Waals surface area contributed by atoms with Gasteiger partial charge in [0.1, 0.15) is 5.82 Å². The van der Waals surface area contributed by atoms with Crippen molar-refractivity contribution in [3.63, 3.8) is 0 Å². The molecule has 2 aromatic carbocycles. The summed E-state index contributed by atoms with van der Waals surface area (Å²) >= 11 is 0. The zero-order valence-electron chi connectivity index (χ0n) is 16.4. The summed E-state index contributed by atoms with van der Waals surface area (Å²) in [6, 6.07) is 13.8. The van der Waals surface area contributed by atoms with Crippen molar-refractivity contribution in [2.75, 3.05) is 20.6 Å². The zero-order chi connectivity index (χ0) is 20.6. The topological polar surface area (TPSA) is 73.8 Å². The number of nitrogens with zero attached hydrogens (tertiary/aromatic N) is 2. The van der Waals surface area contributed by atoms with E-state index in [2.05, 4.69) is 15.0 Å². The Bertz CT molecular complexity index is 899. The van der Waals surface area contributed by atoms with Crippen LogP contribution in [0.5, 0.6) is 0 Å². The van der Waals surface area contributed by atoms with Gasteiger partial charge in [-0.1, -0.05) is 36.4 Å². The van der Waals surface area contributed by atoms with Crippen LogP contribution >= 0.6 is 0 Å². The Labute approximate surface area is 166 Å². The minimum Gasteiger partial charge on any atom is -0.357 e. The van der Waals surface area contributed by atoms with Crippen molar-refractivity contribution in [1.29, 1.82) is 0 Å². The van der Waals surface area contributed by atoms with Gasteiger partial charge < -0.3 is 10.2 Å². The lowest BCUT2D eigenvalue weighted by atomic mass is 10.1. The lowest BCUT2D eigenvalue weighted by Crippen LogP contribution is -2.38. The summed E-state index contributed by atoms with van der Waals surface area (Å²) in [7, 11) is 0.00991. The summed E-state index contributed by atoms with van der Waals surface area (Å²) in [4.78, 5) is 6.61. The van der Waals surface area contributed by atoms with Crippen molar-refractivity contribution < 1.29 is 12.8 Å². The van der Waals surface area contributed by atoms with E-state index in [0.29, 0.717) is 25.2 Å². The van der Waals surface area contributed by atoms with Gasteiger partial charge in [-0.15, -0.1) is 0 Å². The average molecular weight is 407 g/mol. The number of halogens is 1. The molecule has 28 heavy (non-hydrogen) atoms. The summed E-state index contributed by atoms with van der Waals surface area (Å²) in [5.41, 5.74) is 2.62. The van der Waals surface area contributed by atoms with Gasteiger partial charge >= 0.3 is 0 Å². The van der Waals surface area contributed by atoms with Gasteiger partial charge in [0.25, 0.3) is 0 Å². The molecule has 0 aliphatic heterocycles. The summed E-state index contributed by atoms with van der Waals surface area (Å²) in [6.45, 7) is 3.72. The third-order valence-corrected chi connectivity index (χ3v) is 5.44. The molecule has 0 aromatic heterocycles. The van der Waals surface area contributed by atoms with Crippen LogP contribution in [0.3, 0.4) is 0 Å². The zero-order valence-corrected chi connectivity index (χ0v) is 17.3. The fraction of sp³-hybridized carbons (Fsp3) is 0.350. The SMILES string of the molecule is CCNC(=NCc1cccc(CS(=O)(=O)NC)c1)N(C)Cc1ccc(F)cc1. The standard InChI is InChI=1S/C20H27FN4O2S/c1-4-23-20(25(3)14-16-8-10-19(21)11-9-16)24-13-17-6-5-7-18(12-17)15-28(26,27)22-2/h5-12,22H,4,13-15H2,1-3H3,(H,23,24). The Balaban J connectivity index is 2.10. The molecule has 6 nitrogen and oxygen atoms in total.